The fraction of sp³-hybridized carbons (Fsp3) is 1.00. The molecule has 0 unspecified atom stereocenters. The van der Waals surface area contributed by atoms with Crippen LogP contribution in [0.15, 0.2) is 0 Å². The van der Waals surface area contributed by atoms with E-state index in [0.29, 0.717) is 0 Å². The lowest BCUT2D eigenvalue weighted by atomic mass is 11.8. The van der Waals surface area contributed by atoms with Crippen molar-refractivity contribution < 1.29 is 12.6 Å². The molecule has 0 atom stereocenters. The van der Waals surface area contributed by atoms with Crippen LogP contribution in [-0.2, 0) is 15.2 Å². The van der Waals surface area contributed by atoms with E-state index in [1.54, 1.807) is 0 Å². The van der Waals surface area contributed by atoms with Gasteiger partial charge in [0.2, 0.25) is 0 Å². The van der Waals surface area contributed by atoms with Gasteiger partial charge in [0.25, 0.3) is 11.0 Å². The Morgan fingerprint density at radius 2 is 1.80 bits per heavy atom. The molecule has 0 aliphatic carbocycles. The van der Waals surface area contributed by atoms with Crippen molar-refractivity contribution in [2.45, 2.75) is 0 Å². The second-order valence-electron chi connectivity index (χ2n) is 0.406. The maximum absolute atomic E-state index is 9.18. The standard InChI is InChI=1S/CH4O3S/c1-4-5(2)3/h5H,1H3. The summed E-state index contributed by atoms with van der Waals surface area (Å²) < 4.78 is 22.1. The quantitative estimate of drug-likeness (QED) is 0.433. The Balaban J connectivity index is 3.23. The zero-order chi connectivity index (χ0) is 4.28. The van der Waals surface area contributed by atoms with Crippen LogP contribution in [0.2, 0.25) is 0 Å². The summed E-state index contributed by atoms with van der Waals surface area (Å²) in [5, 5.41) is 0. The molecular weight excluding hydrogens is 92.1 g/mol. The monoisotopic (exact) mass is 96.0 g/mol. The summed E-state index contributed by atoms with van der Waals surface area (Å²) in [5.41, 5.74) is 0. The van der Waals surface area contributed by atoms with Crippen LogP contribution in [0.3, 0.4) is 0 Å². The van der Waals surface area contributed by atoms with Gasteiger partial charge in [-0.1, -0.05) is 0 Å². The molecular formula is CH4O3S. The molecule has 4 heteroatoms. The molecule has 0 spiro atoms. The SMILES string of the molecule is CO[SH](=O)=O. The molecule has 0 rings (SSSR count). The van der Waals surface area contributed by atoms with Crippen molar-refractivity contribution in [3.8, 4) is 0 Å². The van der Waals surface area contributed by atoms with E-state index in [1.807, 2.05) is 0 Å². The van der Waals surface area contributed by atoms with Gasteiger partial charge in [0, 0.05) is 0 Å². The van der Waals surface area contributed by atoms with E-state index in [0.717, 1.165) is 7.11 Å². The van der Waals surface area contributed by atoms with Gasteiger partial charge in [0.1, 0.15) is 0 Å². The van der Waals surface area contributed by atoms with Gasteiger partial charge >= 0.3 is 0 Å². The minimum atomic E-state index is -2.60. The van der Waals surface area contributed by atoms with Crippen LogP contribution in [0, 0.1) is 0 Å². The van der Waals surface area contributed by atoms with Gasteiger partial charge in [-0.25, -0.2) is 8.42 Å². The fourth-order valence-corrected chi connectivity index (χ4v) is 0. The lowest BCUT2D eigenvalue weighted by Gasteiger charge is -1.66. The Morgan fingerprint density at radius 3 is 1.80 bits per heavy atom. The summed E-state index contributed by atoms with van der Waals surface area (Å²) in [6, 6.07) is 0. The number of hydrogen-bond donors (Lipinski definition) is 1. The van der Waals surface area contributed by atoms with Crippen LogP contribution in [0.4, 0.5) is 0 Å². The van der Waals surface area contributed by atoms with Gasteiger partial charge in [-0.2, -0.15) is 0 Å². The molecule has 0 aliphatic rings. The van der Waals surface area contributed by atoms with E-state index < -0.39 is 11.0 Å². The summed E-state index contributed by atoms with van der Waals surface area (Å²) in [4.78, 5) is 0. The molecule has 0 saturated carbocycles. The zero-order valence-corrected chi connectivity index (χ0v) is 3.57. The predicted octanol–water partition coefficient (Wildman–Crippen LogP) is -0.841. The smallest absolute Gasteiger partial charge is 0.256 e. The molecule has 0 radical (unpaired) electrons. The van der Waals surface area contributed by atoms with Crippen molar-refractivity contribution in [1.29, 1.82) is 0 Å². The van der Waals surface area contributed by atoms with Gasteiger partial charge in [-0.3, -0.25) is 4.18 Å². The molecule has 0 aromatic heterocycles. The van der Waals surface area contributed by atoms with Gasteiger partial charge < -0.3 is 0 Å². The number of thiol groups is 1. The molecule has 32 valence electrons. The van der Waals surface area contributed by atoms with Gasteiger partial charge in [-0.15, -0.1) is 0 Å². The Bertz CT molecular complexity index is 65.0. The third kappa shape index (κ3) is 3.91. The highest BCUT2D eigenvalue weighted by Gasteiger charge is 1.61. The first-order chi connectivity index (χ1) is 2.27. The molecule has 0 bridgehead atoms. The van der Waals surface area contributed by atoms with Crippen LogP contribution < -0.4 is 0 Å². The molecule has 0 aliphatic heterocycles. The average Bonchev–Trinajstić information content (AvgIpc) is 1.38. The Kier molecular flexibility index (Phi) is 2.13. The average molecular weight is 96.1 g/mol. The van der Waals surface area contributed by atoms with E-state index in [2.05, 4.69) is 4.18 Å². The summed E-state index contributed by atoms with van der Waals surface area (Å²) in [7, 11) is -1.50. The zero-order valence-electron chi connectivity index (χ0n) is 2.67. The van der Waals surface area contributed by atoms with Crippen LogP contribution >= 0.6 is 0 Å². The lowest BCUT2D eigenvalue weighted by molar-refractivity contribution is 0.418. The van der Waals surface area contributed by atoms with Crippen molar-refractivity contribution in [3.05, 3.63) is 0 Å². The van der Waals surface area contributed by atoms with E-state index in [4.69, 9.17) is 0 Å². The highest BCUT2D eigenvalue weighted by atomic mass is 32.2. The number of rotatable bonds is 1. The molecule has 0 saturated heterocycles. The highest BCUT2D eigenvalue weighted by molar-refractivity contribution is 7.67. The van der Waals surface area contributed by atoms with Crippen LogP contribution in [0.5, 0.6) is 0 Å². The van der Waals surface area contributed by atoms with Crippen molar-refractivity contribution in [1.82, 2.24) is 0 Å². The normalized spacial score (nSPS) is 9.20. The summed E-state index contributed by atoms with van der Waals surface area (Å²) in [6.45, 7) is 0. The van der Waals surface area contributed by atoms with E-state index in [1.165, 1.54) is 0 Å². The molecule has 0 N–H and O–H groups in total. The first kappa shape index (κ1) is 4.91. The second-order valence-corrected chi connectivity index (χ2v) is 1.22. The van der Waals surface area contributed by atoms with Gasteiger partial charge in [0.15, 0.2) is 0 Å². The van der Waals surface area contributed by atoms with Gasteiger partial charge in [-0.05, 0) is 0 Å². The summed E-state index contributed by atoms with van der Waals surface area (Å²) >= 11 is 0. The molecule has 0 fully saturated rings. The first-order valence-electron chi connectivity index (χ1n) is 0.956. The predicted molar refractivity (Wildman–Crippen MR) is 17.3 cm³/mol. The van der Waals surface area contributed by atoms with Crippen molar-refractivity contribution in [2.24, 2.45) is 0 Å². The third-order valence-electron chi connectivity index (χ3n) is 0.149. The Morgan fingerprint density at radius 1 is 1.60 bits per heavy atom. The fourth-order valence-electron chi connectivity index (χ4n) is 0. The minimum Gasteiger partial charge on any atom is -0.276 e. The molecule has 0 heterocycles. The third-order valence-corrected chi connectivity index (χ3v) is 0.447. The Hall–Kier alpha value is -0.0900. The van der Waals surface area contributed by atoms with Crippen LogP contribution in [0.1, 0.15) is 0 Å². The van der Waals surface area contributed by atoms with E-state index >= 15 is 0 Å². The molecule has 0 amide bonds. The topological polar surface area (TPSA) is 43.4 Å². The lowest BCUT2D eigenvalue weighted by Crippen LogP contribution is -1.72. The maximum atomic E-state index is 9.18. The first-order valence-corrected chi connectivity index (χ1v) is 2.05. The van der Waals surface area contributed by atoms with Crippen molar-refractivity contribution >= 4 is 11.0 Å². The van der Waals surface area contributed by atoms with Crippen molar-refractivity contribution in [2.75, 3.05) is 7.11 Å². The Labute approximate surface area is 31.7 Å². The summed E-state index contributed by atoms with van der Waals surface area (Å²) in [6.07, 6.45) is 0. The molecule has 0 aromatic rings. The second kappa shape index (κ2) is 2.17. The van der Waals surface area contributed by atoms with Crippen LogP contribution in [-0.4, -0.2) is 15.5 Å². The number of hydrogen-bond acceptors (Lipinski definition) is 3. The molecule has 3 nitrogen and oxygen atoms in total. The van der Waals surface area contributed by atoms with Crippen LogP contribution in [0.25, 0.3) is 0 Å². The maximum Gasteiger partial charge on any atom is 0.256 e. The molecule has 0 aromatic carbocycles. The van der Waals surface area contributed by atoms with E-state index in [-0.39, 0.29) is 0 Å². The van der Waals surface area contributed by atoms with Crippen molar-refractivity contribution in [3.63, 3.8) is 0 Å². The minimum absolute atomic E-state index is 1.10. The highest BCUT2D eigenvalue weighted by Crippen LogP contribution is 1.52. The molecule has 5 heavy (non-hydrogen) atoms. The largest absolute Gasteiger partial charge is 0.276 e. The van der Waals surface area contributed by atoms with E-state index in [9.17, 15) is 8.42 Å². The summed E-state index contributed by atoms with van der Waals surface area (Å²) in [5.74, 6) is 0. The van der Waals surface area contributed by atoms with Gasteiger partial charge in [0.05, 0.1) is 7.11 Å².